The van der Waals surface area contributed by atoms with E-state index in [4.69, 9.17) is 0 Å². The van der Waals surface area contributed by atoms with Crippen LogP contribution < -0.4 is 5.32 Å². The van der Waals surface area contributed by atoms with Crippen molar-refractivity contribution in [3.05, 3.63) is 23.4 Å². The molecule has 1 rings (SSSR count). The van der Waals surface area contributed by atoms with E-state index < -0.39 is 0 Å². The van der Waals surface area contributed by atoms with E-state index in [2.05, 4.69) is 30.2 Å². The van der Waals surface area contributed by atoms with Crippen molar-refractivity contribution in [3.8, 4) is 0 Å². The molecule has 0 aliphatic heterocycles. The van der Waals surface area contributed by atoms with Gasteiger partial charge >= 0.3 is 0 Å². The van der Waals surface area contributed by atoms with Gasteiger partial charge in [-0.25, -0.2) is 4.98 Å². The van der Waals surface area contributed by atoms with E-state index in [0.29, 0.717) is 0 Å². The molecule has 0 radical (unpaired) electrons. The van der Waals surface area contributed by atoms with Crippen LogP contribution in [0, 0.1) is 6.92 Å². The predicted molar refractivity (Wildman–Crippen MR) is 52.5 cm³/mol. The second-order valence-electron chi connectivity index (χ2n) is 3.01. The quantitative estimate of drug-likeness (QED) is 0.742. The van der Waals surface area contributed by atoms with Crippen LogP contribution in [0.4, 0.5) is 5.82 Å². The van der Waals surface area contributed by atoms with Gasteiger partial charge in [0.1, 0.15) is 5.82 Å². The zero-order chi connectivity index (χ0) is 8.97. The maximum absolute atomic E-state index is 4.30. The van der Waals surface area contributed by atoms with Gasteiger partial charge in [0.25, 0.3) is 0 Å². The minimum Gasteiger partial charge on any atom is -0.373 e. The van der Waals surface area contributed by atoms with Crippen molar-refractivity contribution in [1.29, 1.82) is 0 Å². The lowest BCUT2D eigenvalue weighted by molar-refractivity contribution is 0.911. The van der Waals surface area contributed by atoms with Gasteiger partial charge in [0.2, 0.25) is 0 Å². The molecule has 12 heavy (non-hydrogen) atoms. The third-order valence-corrected chi connectivity index (χ3v) is 1.91. The van der Waals surface area contributed by atoms with Gasteiger partial charge in [-0.2, -0.15) is 0 Å². The number of hydrogen-bond donors (Lipinski definition) is 1. The Hall–Kier alpha value is -1.05. The molecule has 0 saturated carbocycles. The molecule has 2 heteroatoms. The van der Waals surface area contributed by atoms with Crippen molar-refractivity contribution in [3.63, 3.8) is 0 Å². The SMILES string of the molecule is CCCc1cnc(NC)c(C)c1. The van der Waals surface area contributed by atoms with E-state index in [1.165, 1.54) is 17.5 Å². The summed E-state index contributed by atoms with van der Waals surface area (Å²) in [5.41, 5.74) is 2.55. The van der Waals surface area contributed by atoms with E-state index in [0.717, 1.165) is 12.2 Å². The molecule has 1 N–H and O–H groups in total. The summed E-state index contributed by atoms with van der Waals surface area (Å²) in [6.07, 6.45) is 4.25. The maximum Gasteiger partial charge on any atom is 0.128 e. The van der Waals surface area contributed by atoms with E-state index in [1.807, 2.05) is 13.2 Å². The van der Waals surface area contributed by atoms with Crippen molar-refractivity contribution in [2.24, 2.45) is 0 Å². The average Bonchev–Trinajstić information content (AvgIpc) is 2.05. The Balaban J connectivity index is 2.86. The van der Waals surface area contributed by atoms with Gasteiger partial charge in [0.05, 0.1) is 0 Å². The first-order chi connectivity index (χ1) is 5.77. The molecule has 0 saturated heterocycles. The van der Waals surface area contributed by atoms with Crippen molar-refractivity contribution in [2.75, 3.05) is 12.4 Å². The van der Waals surface area contributed by atoms with Crippen LogP contribution in [0.5, 0.6) is 0 Å². The standard InChI is InChI=1S/C10H16N2/c1-4-5-9-6-8(2)10(11-3)12-7-9/h6-7H,4-5H2,1-3H3,(H,11,12). The normalized spacial score (nSPS) is 9.92. The van der Waals surface area contributed by atoms with Crippen LogP contribution in [-0.4, -0.2) is 12.0 Å². The largest absolute Gasteiger partial charge is 0.373 e. The van der Waals surface area contributed by atoms with Gasteiger partial charge in [-0.05, 0) is 24.5 Å². The van der Waals surface area contributed by atoms with E-state index >= 15 is 0 Å². The van der Waals surface area contributed by atoms with E-state index in [9.17, 15) is 0 Å². The monoisotopic (exact) mass is 164 g/mol. The van der Waals surface area contributed by atoms with E-state index in [-0.39, 0.29) is 0 Å². The Bertz CT molecular complexity index is 256. The molecule has 0 atom stereocenters. The number of nitrogens with one attached hydrogen (secondary N) is 1. The molecule has 0 amide bonds. The van der Waals surface area contributed by atoms with Crippen LogP contribution in [0.25, 0.3) is 0 Å². The molecule has 0 bridgehead atoms. The lowest BCUT2D eigenvalue weighted by Gasteiger charge is -2.05. The highest BCUT2D eigenvalue weighted by molar-refractivity contribution is 5.43. The predicted octanol–water partition coefficient (Wildman–Crippen LogP) is 2.38. The smallest absolute Gasteiger partial charge is 0.128 e. The van der Waals surface area contributed by atoms with Gasteiger partial charge in [-0.1, -0.05) is 19.4 Å². The molecular weight excluding hydrogens is 148 g/mol. The number of hydrogen-bond acceptors (Lipinski definition) is 2. The number of pyridine rings is 1. The molecule has 0 aliphatic carbocycles. The summed E-state index contributed by atoms with van der Waals surface area (Å²) in [6, 6.07) is 2.20. The summed E-state index contributed by atoms with van der Waals surface area (Å²) >= 11 is 0. The first-order valence-electron chi connectivity index (χ1n) is 4.41. The summed E-state index contributed by atoms with van der Waals surface area (Å²) in [6.45, 7) is 4.26. The van der Waals surface area contributed by atoms with Crippen molar-refractivity contribution >= 4 is 5.82 Å². The van der Waals surface area contributed by atoms with Gasteiger partial charge in [-0.3, -0.25) is 0 Å². The van der Waals surface area contributed by atoms with Crippen molar-refractivity contribution in [1.82, 2.24) is 4.98 Å². The Morgan fingerprint density at radius 3 is 2.75 bits per heavy atom. The molecule has 1 aromatic rings. The Kier molecular flexibility index (Phi) is 3.09. The average molecular weight is 164 g/mol. The van der Waals surface area contributed by atoms with Crippen molar-refractivity contribution < 1.29 is 0 Å². The zero-order valence-electron chi connectivity index (χ0n) is 8.02. The first-order valence-corrected chi connectivity index (χ1v) is 4.41. The van der Waals surface area contributed by atoms with E-state index in [1.54, 1.807) is 0 Å². The molecule has 2 nitrogen and oxygen atoms in total. The summed E-state index contributed by atoms with van der Waals surface area (Å²) in [4.78, 5) is 4.30. The Labute approximate surface area is 74.0 Å². The topological polar surface area (TPSA) is 24.9 Å². The number of aromatic nitrogens is 1. The second kappa shape index (κ2) is 4.10. The Morgan fingerprint density at radius 2 is 2.25 bits per heavy atom. The third-order valence-electron chi connectivity index (χ3n) is 1.91. The summed E-state index contributed by atoms with van der Waals surface area (Å²) in [7, 11) is 1.90. The van der Waals surface area contributed by atoms with Gasteiger partial charge in [0.15, 0.2) is 0 Å². The maximum atomic E-state index is 4.30. The molecule has 66 valence electrons. The summed E-state index contributed by atoms with van der Waals surface area (Å²) in [5.74, 6) is 0.981. The zero-order valence-corrected chi connectivity index (χ0v) is 8.02. The minimum absolute atomic E-state index is 0.981. The molecular formula is C10H16N2. The minimum atomic E-state index is 0.981. The first kappa shape index (κ1) is 9.04. The molecule has 0 aromatic carbocycles. The molecule has 0 aliphatic rings. The molecule has 0 fully saturated rings. The van der Waals surface area contributed by atoms with Crippen LogP contribution in [0.2, 0.25) is 0 Å². The fourth-order valence-electron chi connectivity index (χ4n) is 1.32. The summed E-state index contributed by atoms with van der Waals surface area (Å²) in [5, 5.41) is 3.05. The van der Waals surface area contributed by atoms with Crippen LogP contribution >= 0.6 is 0 Å². The second-order valence-corrected chi connectivity index (χ2v) is 3.01. The van der Waals surface area contributed by atoms with Crippen LogP contribution in [0.15, 0.2) is 12.3 Å². The molecule has 1 heterocycles. The fraction of sp³-hybridized carbons (Fsp3) is 0.500. The number of aryl methyl sites for hydroxylation is 2. The number of rotatable bonds is 3. The lowest BCUT2D eigenvalue weighted by Crippen LogP contribution is -1.96. The lowest BCUT2D eigenvalue weighted by atomic mass is 10.1. The van der Waals surface area contributed by atoms with Crippen LogP contribution in [0.3, 0.4) is 0 Å². The molecule has 1 aromatic heterocycles. The van der Waals surface area contributed by atoms with Crippen LogP contribution in [0.1, 0.15) is 24.5 Å². The third kappa shape index (κ3) is 1.97. The highest BCUT2D eigenvalue weighted by Gasteiger charge is 1.98. The molecule has 0 unspecified atom stereocenters. The Morgan fingerprint density at radius 1 is 1.50 bits per heavy atom. The van der Waals surface area contributed by atoms with Crippen molar-refractivity contribution in [2.45, 2.75) is 26.7 Å². The highest BCUT2D eigenvalue weighted by atomic mass is 15.0. The number of nitrogens with zero attached hydrogens (tertiary/aromatic N) is 1. The molecule has 0 spiro atoms. The summed E-state index contributed by atoms with van der Waals surface area (Å²) < 4.78 is 0. The fourth-order valence-corrected chi connectivity index (χ4v) is 1.32. The van der Waals surface area contributed by atoms with Gasteiger partial charge in [-0.15, -0.1) is 0 Å². The van der Waals surface area contributed by atoms with Crippen LogP contribution in [-0.2, 0) is 6.42 Å². The van der Waals surface area contributed by atoms with Gasteiger partial charge < -0.3 is 5.32 Å². The van der Waals surface area contributed by atoms with Gasteiger partial charge in [0, 0.05) is 13.2 Å². The highest BCUT2D eigenvalue weighted by Crippen LogP contribution is 2.12. The number of anilines is 1.